The largest absolute Gasteiger partial charge is 0.232 e. The summed E-state index contributed by atoms with van der Waals surface area (Å²) < 4.78 is 0. The summed E-state index contributed by atoms with van der Waals surface area (Å²) in [4.78, 5) is 16.9. The van der Waals surface area contributed by atoms with E-state index in [2.05, 4.69) is 19.9 Å². The Bertz CT molecular complexity index is 501. The SMILES string of the molecule is c1ccc2nc3nccnc3nc2c1. The van der Waals surface area contributed by atoms with Crippen molar-refractivity contribution in [3.8, 4) is 0 Å². The molecule has 0 saturated carbocycles. The summed E-state index contributed by atoms with van der Waals surface area (Å²) in [6, 6.07) is 7.69. The van der Waals surface area contributed by atoms with Crippen LogP contribution in [0.5, 0.6) is 0 Å². The second-order valence-corrected chi connectivity index (χ2v) is 2.92. The third-order valence-corrected chi connectivity index (χ3v) is 1.99. The Kier molecular flexibility index (Phi) is 1.41. The molecule has 0 spiro atoms. The van der Waals surface area contributed by atoms with E-state index in [1.54, 1.807) is 12.4 Å². The fourth-order valence-electron chi connectivity index (χ4n) is 1.36. The van der Waals surface area contributed by atoms with Crippen LogP contribution < -0.4 is 0 Å². The maximum Gasteiger partial charge on any atom is 0.198 e. The first kappa shape index (κ1) is 7.32. The first-order valence-corrected chi connectivity index (χ1v) is 4.27. The van der Waals surface area contributed by atoms with Crippen LogP contribution in [-0.4, -0.2) is 19.9 Å². The molecule has 0 amide bonds. The molecule has 2 heterocycles. The predicted molar refractivity (Wildman–Crippen MR) is 52.6 cm³/mol. The average molecular weight is 182 g/mol. The molecule has 0 unspecified atom stereocenters. The Labute approximate surface area is 79.7 Å². The minimum absolute atomic E-state index is 0.589. The first-order valence-electron chi connectivity index (χ1n) is 4.27. The van der Waals surface area contributed by atoms with Gasteiger partial charge in [-0.15, -0.1) is 0 Å². The van der Waals surface area contributed by atoms with Gasteiger partial charge in [0.05, 0.1) is 11.0 Å². The van der Waals surface area contributed by atoms with Crippen LogP contribution in [0.3, 0.4) is 0 Å². The van der Waals surface area contributed by atoms with E-state index in [0.29, 0.717) is 11.3 Å². The van der Waals surface area contributed by atoms with Crippen molar-refractivity contribution in [1.82, 2.24) is 19.9 Å². The van der Waals surface area contributed by atoms with Gasteiger partial charge in [-0.25, -0.2) is 19.9 Å². The van der Waals surface area contributed by atoms with Crippen molar-refractivity contribution in [3.63, 3.8) is 0 Å². The third-order valence-electron chi connectivity index (χ3n) is 1.99. The Balaban J connectivity index is 2.52. The van der Waals surface area contributed by atoms with Crippen LogP contribution in [-0.2, 0) is 0 Å². The molecule has 14 heavy (non-hydrogen) atoms. The molecular weight excluding hydrogens is 176 g/mol. The van der Waals surface area contributed by atoms with Gasteiger partial charge in [-0.3, -0.25) is 0 Å². The lowest BCUT2D eigenvalue weighted by Crippen LogP contribution is -1.91. The first-order chi connectivity index (χ1) is 6.93. The topological polar surface area (TPSA) is 51.6 Å². The molecule has 1 aromatic carbocycles. The summed E-state index contributed by atoms with van der Waals surface area (Å²) in [6.45, 7) is 0. The maximum atomic E-state index is 4.34. The van der Waals surface area contributed by atoms with Crippen molar-refractivity contribution in [2.24, 2.45) is 0 Å². The van der Waals surface area contributed by atoms with Crippen molar-refractivity contribution in [3.05, 3.63) is 36.7 Å². The zero-order chi connectivity index (χ0) is 9.38. The molecule has 0 aliphatic rings. The van der Waals surface area contributed by atoms with Gasteiger partial charge >= 0.3 is 0 Å². The van der Waals surface area contributed by atoms with E-state index < -0.39 is 0 Å². The predicted octanol–water partition coefficient (Wildman–Crippen LogP) is 1.57. The smallest absolute Gasteiger partial charge is 0.198 e. The fraction of sp³-hybridized carbons (Fsp3) is 0. The van der Waals surface area contributed by atoms with Crippen LogP contribution in [0.2, 0.25) is 0 Å². The molecule has 66 valence electrons. The van der Waals surface area contributed by atoms with Gasteiger partial charge in [0, 0.05) is 12.4 Å². The van der Waals surface area contributed by atoms with Crippen molar-refractivity contribution in [2.75, 3.05) is 0 Å². The highest BCUT2D eigenvalue weighted by atomic mass is 15.0. The van der Waals surface area contributed by atoms with Gasteiger partial charge in [0.15, 0.2) is 11.3 Å². The zero-order valence-corrected chi connectivity index (χ0v) is 7.25. The van der Waals surface area contributed by atoms with Crippen molar-refractivity contribution < 1.29 is 0 Å². The molecule has 0 fully saturated rings. The number of hydrogen-bond donors (Lipinski definition) is 0. The van der Waals surface area contributed by atoms with Crippen LogP contribution in [0, 0.1) is 0 Å². The van der Waals surface area contributed by atoms with Gasteiger partial charge in [0.1, 0.15) is 0 Å². The molecule has 0 saturated heterocycles. The molecule has 0 N–H and O–H groups in total. The fourth-order valence-corrected chi connectivity index (χ4v) is 1.36. The minimum Gasteiger partial charge on any atom is -0.232 e. The second kappa shape index (κ2) is 2.70. The lowest BCUT2D eigenvalue weighted by molar-refractivity contribution is 1.20. The Morgan fingerprint density at radius 2 is 1.21 bits per heavy atom. The van der Waals surface area contributed by atoms with Crippen LogP contribution in [0.1, 0.15) is 0 Å². The van der Waals surface area contributed by atoms with Crippen molar-refractivity contribution in [1.29, 1.82) is 0 Å². The normalized spacial score (nSPS) is 10.9. The van der Waals surface area contributed by atoms with E-state index in [-0.39, 0.29) is 0 Å². The van der Waals surface area contributed by atoms with Gasteiger partial charge in [-0.1, -0.05) is 12.1 Å². The van der Waals surface area contributed by atoms with Crippen LogP contribution in [0.4, 0.5) is 0 Å². The van der Waals surface area contributed by atoms with Gasteiger partial charge in [-0.2, -0.15) is 0 Å². The monoisotopic (exact) mass is 182 g/mol. The Morgan fingerprint density at radius 3 is 1.71 bits per heavy atom. The van der Waals surface area contributed by atoms with Gasteiger partial charge in [0.2, 0.25) is 0 Å². The highest BCUT2D eigenvalue weighted by Gasteiger charge is 2.00. The quantitative estimate of drug-likeness (QED) is 0.495. The third kappa shape index (κ3) is 1.01. The minimum atomic E-state index is 0.589. The number of fused-ring (bicyclic) bond motifs is 2. The summed E-state index contributed by atoms with van der Waals surface area (Å²) in [5.74, 6) is 0. The van der Waals surface area contributed by atoms with E-state index in [9.17, 15) is 0 Å². The van der Waals surface area contributed by atoms with E-state index in [1.807, 2.05) is 24.3 Å². The lowest BCUT2D eigenvalue weighted by atomic mass is 10.3. The van der Waals surface area contributed by atoms with Crippen LogP contribution in [0.25, 0.3) is 22.3 Å². The molecule has 3 rings (SSSR count). The zero-order valence-electron chi connectivity index (χ0n) is 7.25. The summed E-state index contributed by atoms with van der Waals surface area (Å²) >= 11 is 0. The van der Waals surface area contributed by atoms with E-state index in [4.69, 9.17) is 0 Å². The van der Waals surface area contributed by atoms with E-state index in [0.717, 1.165) is 11.0 Å². The number of rotatable bonds is 0. The van der Waals surface area contributed by atoms with Gasteiger partial charge in [0.25, 0.3) is 0 Å². The van der Waals surface area contributed by atoms with Gasteiger partial charge in [-0.05, 0) is 12.1 Å². The summed E-state index contributed by atoms with van der Waals surface area (Å²) in [5, 5.41) is 0. The highest BCUT2D eigenvalue weighted by molar-refractivity contribution is 5.81. The molecule has 2 aromatic heterocycles. The number of nitrogens with zero attached hydrogens (tertiary/aromatic N) is 4. The molecular formula is C10H6N4. The molecule has 0 aliphatic heterocycles. The number of hydrogen-bond acceptors (Lipinski definition) is 4. The second-order valence-electron chi connectivity index (χ2n) is 2.92. The Hall–Kier alpha value is -2.10. The van der Waals surface area contributed by atoms with Crippen LogP contribution in [0.15, 0.2) is 36.7 Å². The lowest BCUT2D eigenvalue weighted by Gasteiger charge is -1.97. The van der Waals surface area contributed by atoms with E-state index >= 15 is 0 Å². The molecule has 0 bridgehead atoms. The molecule has 0 radical (unpaired) electrons. The highest BCUT2D eigenvalue weighted by Crippen LogP contribution is 2.11. The van der Waals surface area contributed by atoms with Crippen molar-refractivity contribution in [2.45, 2.75) is 0 Å². The molecule has 4 heteroatoms. The molecule has 0 atom stereocenters. The summed E-state index contributed by atoms with van der Waals surface area (Å²) in [7, 11) is 0. The number of para-hydroxylation sites is 2. The summed E-state index contributed by atoms with van der Waals surface area (Å²) in [6.07, 6.45) is 3.23. The molecule has 0 aliphatic carbocycles. The average Bonchev–Trinajstić information content (AvgIpc) is 2.26. The van der Waals surface area contributed by atoms with Crippen LogP contribution >= 0.6 is 0 Å². The molecule has 4 nitrogen and oxygen atoms in total. The number of aromatic nitrogens is 4. The Morgan fingerprint density at radius 1 is 0.714 bits per heavy atom. The summed E-state index contributed by atoms with van der Waals surface area (Å²) in [5.41, 5.74) is 2.87. The molecule has 3 aromatic rings. The maximum absolute atomic E-state index is 4.34. The number of benzene rings is 1. The van der Waals surface area contributed by atoms with E-state index in [1.165, 1.54) is 0 Å². The standard InChI is InChI=1S/C10H6N4/c1-2-4-8-7(3-1)13-9-10(14-8)12-6-5-11-9/h1-6H. The van der Waals surface area contributed by atoms with Gasteiger partial charge < -0.3 is 0 Å². The van der Waals surface area contributed by atoms with Crippen molar-refractivity contribution >= 4 is 22.3 Å².